The number of thiophene rings is 1. The third kappa shape index (κ3) is 3.11. The van der Waals surface area contributed by atoms with Crippen molar-refractivity contribution in [2.75, 3.05) is 12.0 Å². The summed E-state index contributed by atoms with van der Waals surface area (Å²) >= 11 is 0.967. The van der Waals surface area contributed by atoms with E-state index in [0.29, 0.717) is 35.5 Å². The van der Waals surface area contributed by atoms with E-state index in [1.54, 1.807) is 30.2 Å². The molecule has 4 rings (SSSR count). The summed E-state index contributed by atoms with van der Waals surface area (Å²) in [6, 6.07) is 12.4. The molecule has 30 heavy (non-hydrogen) atoms. The van der Waals surface area contributed by atoms with Gasteiger partial charge in [0.1, 0.15) is 11.6 Å². The molecule has 9 heteroatoms. The van der Waals surface area contributed by atoms with Gasteiger partial charge in [-0.3, -0.25) is 19.8 Å². The van der Waals surface area contributed by atoms with Crippen molar-refractivity contribution in [1.29, 1.82) is 5.26 Å². The topological polar surface area (TPSA) is 122 Å². The van der Waals surface area contributed by atoms with Crippen LogP contribution in [0.3, 0.4) is 0 Å². The van der Waals surface area contributed by atoms with Crippen molar-refractivity contribution >= 4 is 27.8 Å². The highest BCUT2D eigenvalue weighted by Gasteiger charge is 2.41. The molecule has 2 heterocycles. The first-order chi connectivity index (χ1) is 14.5. The van der Waals surface area contributed by atoms with Gasteiger partial charge in [-0.2, -0.15) is 5.26 Å². The van der Waals surface area contributed by atoms with Crippen LogP contribution in [0.15, 0.2) is 59.1 Å². The van der Waals surface area contributed by atoms with Crippen LogP contribution >= 0.6 is 11.3 Å². The van der Waals surface area contributed by atoms with E-state index < -0.39 is 10.8 Å². The van der Waals surface area contributed by atoms with Gasteiger partial charge in [-0.1, -0.05) is 11.3 Å². The van der Waals surface area contributed by atoms with Crippen molar-refractivity contribution in [3.63, 3.8) is 0 Å². The Morgan fingerprint density at radius 3 is 2.60 bits per heavy atom. The van der Waals surface area contributed by atoms with Gasteiger partial charge in [0.25, 0.3) is 0 Å². The molecule has 152 valence electrons. The van der Waals surface area contributed by atoms with Crippen LogP contribution in [0.5, 0.6) is 5.75 Å². The molecule has 2 N–H and O–H groups in total. The summed E-state index contributed by atoms with van der Waals surface area (Å²) in [6.07, 6.45) is 1.67. The Morgan fingerprint density at radius 1 is 1.27 bits per heavy atom. The minimum absolute atomic E-state index is 0.0381. The van der Waals surface area contributed by atoms with Gasteiger partial charge in [-0.25, -0.2) is 0 Å². The lowest BCUT2D eigenvalue weighted by Crippen LogP contribution is -2.38. The molecule has 8 nitrogen and oxygen atoms in total. The molecule has 0 spiro atoms. The number of ketones is 1. The van der Waals surface area contributed by atoms with Crippen LogP contribution in [0.4, 0.5) is 10.7 Å². The number of nitrogens with two attached hydrogens (primary N) is 1. The van der Waals surface area contributed by atoms with Crippen molar-refractivity contribution in [2.24, 2.45) is 5.73 Å². The van der Waals surface area contributed by atoms with E-state index in [0.717, 1.165) is 22.7 Å². The number of anilines is 1. The third-order valence-electron chi connectivity index (χ3n) is 5.32. The van der Waals surface area contributed by atoms with Crippen molar-refractivity contribution < 1.29 is 14.5 Å². The summed E-state index contributed by atoms with van der Waals surface area (Å²) in [5.74, 6) is 0.163. The molecule has 2 aliphatic rings. The van der Waals surface area contributed by atoms with Gasteiger partial charge in [0.05, 0.1) is 29.6 Å². The van der Waals surface area contributed by atoms with Crippen LogP contribution in [0.1, 0.15) is 30.1 Å². The number of allylic oxidation sites excluding steroid dienone is 3. The Labute approximate surface area is 176 Å². The fourth-order valence-corrected chi connectivity index (χ4v) is 4.93. The molecule has 1 aromatic heterocycles. The third-order valence-corrected chi connectivity index (χ3v) is 6.42. The Hall–Kier alpha value is -3.64. The van der Waals surface area contributed by atoms with E-state index in [1.165, 1.54) is 6.07 Å². The fourth-order valence-electron chi connectivity index (χ4n) is 3.99. The van der Waals surface area contributed by atoms with Gasteiger partial charge in [-0.15, -0.1) is 0 Å². The fraction of sp³-hybridized carbons (Fsp3) is 0.238. The Balaban J connectivity index is 1.91. The second kappa shape index (κ2) is 7.65. The van der Waals surface area contributed by atoms with E-state index in [2.05, 4.69) is 6.07 Å². The second-order valence-corrected chi connectivity index (χ2v) is 8.04. The molecule has 0 fully saturated rings. The van der Waals surface area contributed by atoms with Crippen LogP contribution in [0.25, 0.3) is 0 Å². The zero-order valence-corrected chi connectivity index (χ0v) is 16.9. The largest absolute Gasteiger partial charge is 0.497 e. The molecule has 1 aromatic carbocycles. The number of Topliss-reactive ketones (excluding diaryl/α,β-unsaturated/α-hetero) is 1. The minimum atomic E-state index is -0.689. The molecule has 1 unspecified atom stereocenters. The van der Waals surface area contributed by atoms with Gasteiger partial charge in [0, 0.05) is 34.3 Å². The number of carbonyl (C=O) groups excluding carboxylic acids is 1. The van der Waals surface area contributed by atoms with Gasteiger partial charge >= 0.3 is 5.00 Å². The zero-order chi connectivity index (χ0) is 21.4. The first-order valence-corrected chi connectivity index (χ1v) is 10.1. The SMILES string of the molecule is COc1ccc(N2C(N)=C(C#N)C(c3ccc([N+](=O)[O-])s3)C3=C2CCCC3=O)cc1. The molecule has 1 atom stereocenters. The molecule has 0 amide bonds. The number of rotatable bonds is 4. The highest BCUT2D eigenvalue weighted by molar-refractivity contribution is 7.15. The quantitative estimate of drug-likeness (QED) is 0.584. The average molecular weight is 422 g/mol. The molecular formula is C21H18N4O4S. The highest BCUT2D eigenvalue weighted by Crippen LogP contribution is 2.48. The summed E-state index contributed by atoms with van der Waals surface area (Å²) in [5, 5.41) is 21.1. The first-order valence-electron chi connectivity index (χ1n) is 9.30. The number of nitriles is 1. The molecule has 1 aliphatic carbocycles. The van der Waals surface area contributed by atoms with Gasteiger partial charge in [0.2, 0.25) is 0 Å². The molecule has 0 bridgehead atoms. The lowest BCUT2D eigenvalue weighted by Gasteiger charge is -2.39. The molecular weight excluding hydrogens is 404 g/mol. The highest BCUT2D eigenvalue weighted by atomic mass is 32.1. The van der Waals surface area contributed by atoms with E-state index >= 15 is 0 Å². The lowest BCUT2D eigenvalue weighted by atomic mass is 9.78. The van der Waals surface area contributed by atoms with Crippen LogP contribution < -0.4 is 15.4 Å². The van der Waals surface area contributed by atoms with Gasteiger partial charge in [-0.05, 0) is 43.2 Å². The maximum Gasteiger partial charge on any atom is 0.324 e. The molecule has 1 aliphatic heterocycles. The molecule has 0 saturated carbocycles. The maximum absolute atomic E-state index is 13.0. The standard InChI is InChI=1S/C21H18N4O4S/c1-29-13-7-5-12(6-8-13)24-15-3-2-4-16(26)20(15)19(14(11-22)21(24)23)17-9-10-18(30-17)25(27)28/h5-10,19H,2-4,23H2,1H3. The number of nitrogens with zero attached hydrogens (tertiary/aromatic N) is 3. The predicted octanol–water partition coefficient (Wildman–Crippen LogP) is 3.97. The van der Waals surface area contributed by atoms with Crippen LogP contribution in [-0.2, 0) is 4.79 Å². The molecule has 2 aromatic rings. The normalized spacial score (nSPS) is 18.9. The van der Waals surface area contributed by atoms with Crippen molar-refractivity contribution in [3.05, 3.63) is 74.1 Å². The van der Waals surface area contributed by atoms with E-state index in [9.17, 15) is 20.2 Å². The Kier molecular flexibility index (Phi) is 5.01. The minimum Gasteiger partial charge on any atom is -0.497 e. The summed E-state index contributed by atoms with van der Waals surface area (Å²) in [5.41, 5.74) is 8.64. The number of benzene rings is 1. The van der Waals surface area contributed by atoms with Crippen molar-refractivity contribution in [3.8, 4) is 11.8 Å². The number of carbonyl (C=O) groups is 1. The molecule has 0 saturated heterocycles. The number of methoxy groups -OCH3 is 1. The van der Waals surface area contributed by atoms with Crippen LogP contribution in [0.2, 0.25) is 0 Å². The van der Waals surface area contributed by atoms with E-state index in [1.807, 2.05) is 12.1 Å². The predicted molar refractivity (Wildman–Crippen MR) is 112 cm³/mol. The van der Waals surface area contributed by atoms with Crippen molar-refractivity contribution in [1.82, 2.24) is 0 Å². The number of hydrogen-bond acceptors (Lipinski definition) is 8. The summed E-state index contributed by atoms with van der Waals surface area (Å²) < 4.78 is 5.21. The Bertz CT molecular complexity index is 1140. The summed E-state index contributed by atoms with van der Waals surface area (Å²) in [7, 11) is 1.57. The van der Waals surface area contributed by atoms with Crippen LogP contribution in [-0.4, -0.2) is 17.8 Å². The monoisotopic (exact) mass is 422 g/mol. The van der Waals surface area contributed by atoms with E-state index in [-0.39, 0.29) is 22.2 Å². The first kappa shape index (κ1) is 19.7. The number of nitro groups is 1. The second-order valence-electron chi connectivity index (χ2n) is 6.95. The van der Waals surface area contributed by atoms with Crippen LogP contribution in [0, 0.1) is 21.4 Å². The zero-order valence-electron chi connectivity index (χ0n) is 16.1. The summed E-state index contributed by atoms with van der Waals surface area (Å²) in [4.78, 5) is 26.0. The van der Waals surface area contributed by atoms with Gasteiger partial charge in [0.15, 0.2) is 5.78 Å². The van der Waals surface area contributed by atoms with E-state index in [4.69, 9.17) is 10.5 Å². The average Bonchev–Trinajstić information content (AvgIpc) is 3.23. The molecule has 0 radical (unpaired) electrons. The van der Waals surface area contributed by atoms with Crippen molar-refractivity contribution in [2.45, 2.75) is 25.2 Å². The Morgan fingerprint density at radius 2 is 2.00 bits per heavy atom. The smallest absolute Gasteiger partial charge is 0.324 e. The number of hydrogen-bond donors (Lipinski definition) is 1. The maximum atomic E-state index is 13.0. The lowest BCUT2D eigenvalue weighted by molar-refractivity contribution is -0.380. The van der Waals surface area contributed by atoms with Gasteiger partial charge < -0.3 is 10.5 Å². The number of ether oxygens (including phenoxy) is 1. The summed E-state index contributed by atoms with van der Waals surface area (Å²) in [6.45, 7) is 0.